The Morgan fingerprint density at radius 1 is 1.00 bits per heavy atom. The fourth-order valence-electron chi connectivity index (χ4n) is 4.73. The Morgan fingerprint density at radius 3 is 2.36 bits per heavy atom. The van der Waals surface area contributed by atoms with Crippen LogP contribution in [0.25, 0.3) is 0 Å². The lowest BCUT2D eigenvalue weighted by molar-refractivity contribution is 0.189. The highest BCUT2D eigenvalue weighted by atomic mass is 32.2. The number of sulfonamides is 1. The molecule has 28 heavy (non-hydrogen) atoms. The van der Waals surface area contributed by atoms with Crippen molar-refractivity contribution in [3.8, 4) is 0 Å². The predicted octanol–water partition coefficient (Wildman–Crippen LogP) is 3.88. The summed E-state index contributed by atoms with van der Waals surface area (Å²) in [5.74, 6) is 0.280. The first-order valence-corrected chi connectivity index (χ1v) is 11.5. The molecule has 148 valence electrons. The van der Waals surface area contributed by atoms with Crippen molar-refractivity contribution in [1.29, 1.82) is 0 Å². The van der Waals surface area contributed by atoms with Gasteiger partial charge in [0.25, 0.3) is 0 Å². The van der Waals surface area contributed by atoms with Gasteiger partial charge in [-0.1, -0.05) is 30.3 Å². The molecule has 5 rings (SSSR count). The molecule has 1 saturated heterocycles. The van der Waals surface area contributed by atoms with Crippen LogP contribution in [0.3, 0.4) is 0 Å². The summed E-state index contributed by atoms with van der Waals surface area (Å²) in [7, 11) is -3.41. The second-order valence-corrected chi connectivity index (χ2v) is 10.6. The number of benzene rings is 2. The summed E-state index contributed by atoms with van der Waals surface area (Å²) in [6.45, 7) is 2.80. The standard InChI is InChI=1S/C22H25FN2O2S/c23-19-9-7-17(8-10-19)15-24-13-11-22(12-14-24)20-3-1-2-4-21(20)25(28(22,26)27)16-18-5-6-18/h1-4,7-10,18H,5-6,11-16H2. The maximum Gasteiger partial charge on any atom is 0.245 e. The minimum atomic E-state index is -3.41. The fraction of sp³-hybridized carbons (Fsp3) is 0.455. The quantitative estimate of drug-likeness (QED) is 0.782. The molecule has 0 atom stereocenters. The van der Waals surface area contributed by atoms with E-state index in [9.17, 15) is 12.8 Å². The zero-order valence-corrected chi connectivity index (χ0v) is 16.7. The number of piperidine rings is 1. The number of para-hydroxylation sites is 1. The van der Waals surface area contributed by atoms with Crippen LogP contribution in [0.5, 0.6) is 0 Å². The molecule has 0 radical (unpaired) electrons. The molecular weight excluding hydrogens is 375 g/mol. The van der Waals surface area contributed by atoms with Crippen molar-refractivity contribution in [1.82, 2.24) is 4.90 Å². The molecule has 0 unspecified atom stereocenters. The van der Waals surface area contributed by atoms with Gasteiger partial charge in [-0.15, -0.1) is 0 Å². The van der Waals surface area contributed by atoms with Crippen LogP contribution in [0.2, 0.25) is 0 Å². The molecule has 4 nitrogen and oxygen atoms in total. The lowest BCUT2D eigenvalue weighted by atomic mass is 9.87. The average Bonchev–Trinajstić information content (AvgIpc) is 3.50. The van der Waals surface area contributed by atoms with Crippen molar-refractivity contribution in [2.24, 2.45) is 5.92 Å². The van der Waals surface area contributed by atoms with E-state index in [4.69, 9.17) is 0 Å². The van der Waals surface area contributed by atoms with Crippen molar-refractivity contribution in [3.05, 3.63) is 65.5 Å². The summed E-state index contributed by atoms with van der Waals surface area (Å²) < 4.78 is 41.4. The average molecular weight is 401 g/mol. The Balaban J connectivity index is 1.40. The SMILES string of the molecule is O=S1(=O)N(CC2CC2)c2ccccc2C12CCN(Cc1ccc(F)cc1)CC2. The van der Waals surface area contributed by atoms with Crippen molar-refractivity contribution in [3.63, 3.8) is 0 Å². The van der Waals surface area contributed by atoms with Crippen LogP contribution in [0.4, 0.5) is 10.1 Å². The molecular formula is C22H25FN2O2S. The number of halogens is 1. The molecule has 2 aromatic carbocycles. The summed E-state index contributed by atoms with van der Waals surface area (Å²) in [6, 6.07) is 14.4. The summed E-state index contributed by atoms with van der Waals surface area (Å²) in [5.41, 5.74) is 2.93. The molecule has 1 spiro atoms. The van der Waals surface area contributed by atoms with E-state index in [1.165, 1.54) is 12.1 Å². The van der Waals surface area contributed by atoms with E-state index in [2.05, 4.69) is 4.90 Å². The Bertz CT molecular complexity index is 978. The minimum Gasteiger partial charge on any atom is -0.299 e. The zero-order valence-electron chi connectivity index (χ0n) is 15.9. The molecule has 1 aliphatic carbocycles. The Kier molecular flexibility index (Phi) is 4.25. The third-order valence-corrected chi connectivity index (χ3v) is 9.09. The maximum absolute atomic E-state index is 13.7. The molecule has 2 aromatic rings. The smallest absolute Gasteiger partial charge is 0.245 e. The summed E-state index contributed by atoms with van der Waals surface area (Å²) in [6.07, 6.45) is 3.47. The maximum atomic E-state index is 13.7. The minimum absolute atomic E-state index is 0.231. The lowest BCUT2D eigenvalue weighted by Gasteiger charge is -2.39. The Labute approximate surface area is 166 Å². The van der Waals surface area contributed by atoms with Gasteiger partial charge in [0.15, 0.2) is 0 Å². The van der Waals surface area contributed by atoms with Gasteiger partial charge in [0.2, 0.25) is 10.0 Å². The zero-order chi connectivity index (χ0) is 19.4. The monoisotopic (exact) mass is 400 g/mol. The lowest BCUT2D eigenvalue weighted by Crippen LogP contribution is -2.48. The summed E-state index contributed by atoms with van der Waals surface area (Å²) >= 11 is 0. The largest absolute Gasteiger partial charge is 0.299 e. The normalized spacial score (nSPS) is 23.1. The van der Waals surface area contributed by atoms with Gasteiger partial charge < -0.3 is 0 Å². The van der Waals surface area contributed by atoms with Gasteiger partial charge in [-0.05, 0) is 60.9 Å². The molecule has 0 aromatic heterocycles. The van der Waals surface area contributed by atoms with E-state index < -0.39 is 14.8 Å². The molecule has 2 aliphatic heterocycles. The first kappa shape index (κ1) is 18.1. The third kappa shape index (κ3) is 2.85. The molecule has 2 heterocycles. The highest BCUT2D eigenvalue weighted by Gasteiger charge is 2.57. The van der Waals surface area contributed by atoms with Crippen LogP contribution in [0, 0.1) is 11.7 Å². The number of rotatable bonds is 4. The van der Waals surface area contributed by atoms with Crippen LogP contribution < -0.4 is 4.31 Å². The van der Waals surface area contributed by atoms with Crippen LogP contribution >= 0.6 is 0 Å². The molecule has 3 aliphatic rings. The van der Waals surface area contributed by atoms with E-state index in [0.29, 0.717) is 25.3 Å². The third-order valence-electron chi connectivity index (χ3n) is 6.55. The van der Waals surface area contributed by atoms with Crippen molar-refractivity contribution >= 4 is 15.7 Å². The van der Waals surface area contributed by atoms with Crippen molar-refractivity contribution in [2.45, 2.75) is 37.0 Å². The van der Waals surface area contributed by atoms with Gasteiger partial charge >= 0.3 is 0 Å². The first-order valence-electron chi connectivity index (χ1n) is 10.1. The second-order valence-electron chi connectivity index (χ2n) is 8.39. The number of fused-ring (bicyclic) bond motifs is 2. The molecule has 1 saturated carbocycles. The van der Waals surface area contributed by atoms with E-state index >= 15 is 0 Å². The number of anilines is 1. The molecule has 6 heteroatoms. The molecule has 0 amide bonds. The van der Waals surface area contributed by atoms with E-state index in [0.717, 1.165) is 49.3 Å². The second kappa shape index (κ2) is 6.56. The van der Waals surface area contributed by atoms with E-state index in [1.807, 2.05) is 24.3 Å². The van der Waals surface area contributed by atoms with Gasteiger partial charge in [0, 0.05) is 26.2 Å². The van der Waals surface area contributed by atoms with Gasteiger partial charge in [-0.25, -0.2) is 12.8 Å². The Hall–Kier alpha value is -1.92. The number of likely N-dealkylation sites (tertiary alicyclic amines) is 1. The molecule has 0 bridgehead atoms. The van der Waals surface area contributed by atoms with Gasteiger partial charge in [-0.3, -0.25) is 9.21 Å². The number of hydrogen-bond acceptors (Lipinski definition) is 3. The van der Waals surface area contributed by atoms with Crippen LogP contribution in [-0.2, 0) is 21.3 Å². The fourth-order valence-corrected chi connectivity index (χ4v) is 7.13. The van der Waals surface area contributed by atoms with Crippen LogP contribution in [0.1, 0.15) is 36.8 Å². The summed E-state index contributed by atoms with van der Waals surface area (Å²) in [5, 5.41) is 0. The highest BCUT2D eigenvalue weighted by molar-refractivity contribution is 7.94. The topological polar surface area (TPSA) is 40.6 Å². The van der Waals surface area contributed by atoms with E-state index in [1.54, 1.807) is 16.4 Å². The van der Waals surface area contributed by atoms with E-state index in [-0.39, 0.29) is 5.82 Å². The summed E-state index contributed by atoms with van der Waals surface area (Å²) in [4.78, 5) is 2.28. The van der Waals surface area contributed by atoms with Crippen LogP contribution in [-0.4, -0.2) is 33.0 Å². The van der Waals surface area contributed by atoms with Crippen molar-refractivity contribution in [2.75, 3.05) is 23.9 Å². The van der Waals surface area contributed by atoms with Gasteiger partial charge in [0.05, 0.1) is 5.69 Å². The first-order chi connectivity index (χ1) is 13.5. The predicted molar refractivity (Wildman–Crippen MR) is 108 cm³/mol. The van der Waals surface area contributed by atoms with Gasteiger partial charge in [-0.2, -0.15) is 0 Å². The Morgan fingerprint density at radius 2 is 1.68 bits per heavy atom. The number of nitrogens with zero attached hydrogens (tertiary/aromatic N) is 2. The number of hydrogen-bond donors (Lipinski definition) is 0. The van der Waals surface area contributed by atoms with Gasteiger partial charge in [0.1, 0.15) is 10.6 Å². The van der Waals surface area contributed by atoms with Crippen molar-refractivity contribution < 1.29 is 12.8 Å². The molecule has 0 N–H and O–H groups in total. The molecule has 2 fully saturated rings. The van der Waals surface area contributed by atoms with Crippen LogP contribution in [0.15, 0.2) is 48.5 Å². The highest BCUT2D eigenvalue weighted by Crippen LogP contribution is 2.53.